The maximum Gasteiger partial charge on any atom is 0.119 e. The molecule has 0 saturated carbocycles. The van der Waals surface area contributed by atoms with Crippen LogP contribution in [0.1, 0.15) is 24.1 Å². The van der Waals surface area contributed by atoms with Gasteiger partial charge in [-0.15, -0.1) is 0 Å². The molecule has 0 heterocycles. The summed E-state index contributed by atoms with van der Waals surface area (Å²) in [6.45, 7) is 3.48. The normalized spacial score (nSPS) is 22.6. The summed E-state index contributed by atoms with van der Waals surface area (Å²) in [5.74, 6) is 1.45. The maximum absolute atomic E-state index is 12.5. The van der Waals surface area contributed by atoms with E-state index in [4.69, 9.17) is 9.47 Å². The van der Waals surface area contributed by atoms with Gasteiger partial charge >= 0.3 is 0 Å². The van der Waals surface area contributed by atoms with E-state index in [1.165, 1.54) is 11.1 Å². The van der Waals surface area contributed by atoms with Gasteiger partial charge in [0.1, 0.15) is 5.75 Å². The Labute approximate surface area is 123 Å². The van der Waals surface area contributed by atoms with Gasteiger partial charge in [-0.05, 0) is 36.2 Å². The van der Waals surface area contributed by atoms with Crippen molar-refractivity contribution in [3.8, 4) is 5.75 Å². The predicted molar refractivity (Wildman–Crippen MR) is 81.8 cm³/mol. The van der Waals surface area contributed by atoms with Crippen molar-refractivity contribution in [1.82, 2.24) is 5.32 Å². The first-order chi connectivity index (χ1) is 9.71. The van der Waals surface area contributed by atoms with Crippen LogP contribution in [-0.2, 0) is 22.0 Å². The molecule has 0 aliphatic heterocycles. The molecule has 20 heavy (non-hydrogen) atoms. The van der Waals surface area contributed by atoms with E-state index in [1.807, 2.05) is 6.07 Å². The summed E-state index contributed by atoms with van der Waals surface area (Å²) >= 11 is 0. The van der Waals surface area contributed by atoms with E-state index in [9.17, 15) is 4.21 Å². The Kier molecular flexibility index (Phi) is 5.57. The molecule has 1 aromatic rings. The van der Waals surface area contributed by atoms with Crippen molar-refractivity contribution in [3.05, 3.63) is 29.3 Å². The molecule has 4 nitrogen and oxygen atoms in total. The third kappa shape index (κ3) is 3.22. The quantitative estimate of drug-likeness (QED) is 0.831. The number of fused-ring (bicyclic) bond motifs is 1. The second kappa shape index (κ2) is 7.20. The number of methoxy groups -OCH3 is 2. The molecule has 0 fully saturated rings. The molecular formula is C15H23NO3S. The lowest BCUT2D eigenvalue weighted by atomic mass is 10.1. The summed E-state index contributed by atoms with van der Waals surface area (Å²) < 4.78 is 22.8. The summed E-state index contributed by atoms with van der Waals surface area (Å²) in [5.41, 5.74) is 2.49. The van der Waals surface area contributed by atoms with Gasteiger partial charge in [-0.25, -0.2) is 0 Å². The van der Waals surface area contributed by atoms with E-state index < -0.39 is 10.8 Å². The smallest absolute Gasteiger partial charge is 0.119 e. The first-order valence-electron chi connectivity index (χ1n) is 6.97. The zero-order chi connectivity index (χ0) is 14.5. The molecule has 5 heteroatoms. The lowest BCUT2D eigenvalue weighted by Gasteiger charge is -2.21. The number of hydrogen-bond acceptors (Lipinski definition) is 4. The minimum atomic E-state index is -0.890. The van der Waals surface area contributed by atoms with E-state index in [0.717, 1.165) is 18.7 Å². The van der Waals surface area contributed by atoms with Crippen molar-refractivity contribution in [2.75, 3.05) is 33.1 Å². The van der Waals surface area contributed by atoms with Crippen LogP contribution in [0.25, 0.3) is 0 Å². The molecule has 1 aromatic carbocycles. The van der Waals surface area contributed by atoms with E-state index in [0.29, 0.717) is 12.4 Å². The number of rotatable bonds is 7. The van der Waals surface area contributed by atoms with Crippen LogP contribution >= 0.6 is 0 Å². The van der Waals surface area contributed by atoms with Crippen LogP contribution in [0.3, 0.4) is 0 Å². The van der Waals surface area contributed by atoms with Gasteiger partial charge in [0.15, 0.2) is 0 Å². The second-order valence-electron chi connectivity index (χ2n) is 4.92. The molecule has 112 valence electrons. The van der Waals surface area contributed by atoms with Gasteiger partial charge in [-0.2, -0.15) is 0 Å². The van der Waals surface area contributed by atoms with Crippen LogP contribution in [0.15, 0.2) is 18.2 Å². The van der Waals surface area contributed by atoms with Crippen molar-refractivity contribution in [1.29, 1.82) is 0 Å². The molecule has 3 atom stereocenters. The summed E-state index contributed by atoms with van der Waals surface area (Å²) in [6.07, 6.45) is 0.854. The van der Waals surface area contributed by atoms with Gasteiger partial charge < -0.3 is 14.8 Å². The zero-order valence-electron chi connectivity index (χ0n) is 12.3. The molecular weight excluding hydrogens is 274 g/mol. The second-order valence-corrected chi connectivity index (χ2v) is 6.70. The summed E-state index contributed by atoms with van der Waals surface area (Å²) in [5, 5.41) is 3.59. The van der Waals surface area contributed by atoms with E-state index in [-0.39, 0.29) is 11.3 Å². The lowest BCUT2D eigenvalue weighted by molar-refractivity contribution is 0.217. The Morgan fingerprint density at radius 2 is 2.20 bits per heavy atom. The molecule has 0 spiro atoms. The number of ether oxygens (including phenoxy) is 2. The standard InChI is InChI=1S/C15H23NO3S/c1-4-16-15-13-10-12(19-3)6-5-11(13)9-14(15)20(17)8-7-18-2/h5-6,10,14-16H,4,7-9H2,1-3H3. The highest BCUT2D eigenvalue weighted by molar-refractivity contribution is 7.85. The largest absolute Gasteiger partial charge is 0.497 e. The monoisotopic (exact) mass is 297 g/mol. The van der Waals surface area contributed by atoms with Gasteiger partial charge in [-0.1, -0.05) is 13.0 Å². The Balaban J connectivity index is 2.22. The lowest BCUT2D eigenvalue weighted by Crippen LogP contribution is -2.33. The Morgan fingerprint density at radius 1 is 1.40 bits per heavy atom. The molecule has 1 aliphatic rings. The van der Waals surface area contributed by atoms with Crippen molar-refractivity contribution < 1.29 is 13.7 Å². The maximum atomic E-state index is 12.5. The Bertz CT molecular complexity index is 478. The van der Waals surface area contributed by atoms with E-state index in [1.54, 1.807) is 14.2 Å². The van der Waals surface area contributed by atoms with Crippen LogP contribution in [0, 0.1) is 0 Å². The first kappa shape index (κ1) is 15.5. The average Bonchev–Trinajstić information content (AvgIpc) is 2.83. The third-order valence-electron chi connectivity index (χ3n) is 3.73. The number of hydrogen-bond donors (Lipinski definition) is 1. The van der Waals surface area contributed by atoms with Crippen LogP contribution in [0.2, 0.25) is 0 Å². The van der Waals surface area contributed by atoms with Crippen LogP contribution in [-0.4, -0.2) is 42.6 Å². The van der Waals surface area contributed by atoms with Crippen molar-refractivity contribution in [3.63, 3.8) is 0 Å². The highest BCUT2D eigenvalue weighted by atomic mass is 32.2. The van der Waals surface area contributed by atoms with Crippen LogP contribution in [0.4, 0.5) is 0 Å². The molecule has 1 aliphatic carbocycles. The van der Waals surface area contributed by atoms with Gasteiger partial charge in [0.2, 0.25) is 0 Å². The Hall–Kier alpha value is -0.910. The summed E-state index contributed by atoms with van der Waals surface area (Å²) in [6, 6.07) is 6.27. The summed E-state index contributed by atoms with van der Waals surface area (Å²) in [7, 11) is 2.43. The van der Waals surface area contributed by atoms with Crippen molar-refractivity contribution in [2.24, 2.45) is 0 Å². The minimum Gasteiger partial charge on any atom is -0.497 e. The highest BCUT2D eigenvalue weighted by Gasteiger charge is 2.35. The highest BCUT2D eigenvalue weighted by Crippen LogP contribution is 2.36. The van der Waals surface area contributed by atoms with Crippen molar-refractivity contribution >= 4 is 10.8 Å². The molecule has 0 saturated heterocycles. The van der Waals surface area contributed by atoms with Gasteiger partial charge in [0, 0.05) is 29.7 Å². The topological polar surface area (TPSA) is 47.6 Å². The number of nitrogens with one attached hydrogen (secondary N) is 1. The molecule has 0 amide bonds. The molecule has 3 unspecified atom stereocenters. The first-order valence-corrected chi connectivity index (χ1v) is 8.35. The fraction of sp³-hybridized carbons (Fsp3) is 0.600. The van der Waals surface area contributed by atoms with E-state index in [2.05, 4.69) is 24.4 Å². The average molecular weight is 297 g/mol. The van der Waals surface area contributed by atoms with Gasteiger partial charge in [-0.3, -0.25) is 4.21 Å². The zero-order valence-corrected chi connectivity index (χ0v) is 13.2. The third-order valence-corrected chi connectivity index (χ3v) is 5.41. The fourth-order valence-electron chi connectivity index (χ4n) is 2.73. The molecule has 0 bridgehead atoms. The van der Waals surface area contributed by atoms with Gasteiger partial charge in [0.05, 0.1) is 19.0 Å². The molecule has 1 N–H and O–H groups in total. The molecule has 0 aromatic heterocycles. The van der Waals surface area contributed by atoms with Gasteiger partial charge in [0.25, 0.3) is 0 Å². The Morgan fingerprint density at radius 3 is 2.85 bits per heavy atom. The van der Waals surface area contributed by atoms with Crippen LogP contribution in [0.5, 0.6) is 5.75 Å². The molecule has 2 rings (SSSR count). The molecule has 0 radical (unpaired) electrons. The van der Waals surface area contributed by atoms with Crippen molar-refractivity contribution in [2.45, 2.75) is 24.6 Å². The minimum absolute atomic E-state index is 0.118. The fourth-order valence-corrected chi connectivity index (χ4v) is 4.28. The summed E-state index contributed by atoms with van der Waals surface area (Å²) in [4.78, 5) is 0. The van der Waals surface area contributed by atoms with E-state index >= 15 is 0 Å². The SMILES string of the molecule is CCNC1c2cc(OC)ccc2CC1S(=O)CCOC. The van der Waals surface area contributed by atoms with Crippen LogP contribution < -0.4 is 10.1 Å². The predicted octanol–water partition coefficient (Wildman–Crippen LogP) is 1.67. The number of benzene rings is 1.